The number of piperazine rings is 1. The Hall–Kier alpha value is -1.51. The molecule has 0 bridgehead atoms. The number of fused-ring (bicyclic) bond motifs is 1. The summed E-state index contributed by atoms with van der Waals surface area (Å²) >= 11 is 7.08. The molecule has 1 aliphatic carbocycles. The maximum Gasteiger partial charge on any atom is 0.259 e. The molecule has 2 fully saturated rings. The maximum atomic E-state index is 12.4. The normalized spacial score (nSPS) is 18.7. The van der Waals surface area contributed by atoms with Gasteiger partial charge >= 0.3 is 0 Å². The van der Waals surface area contributed by atoms with E-state index in [-0.39, 0.29) is 5.56 Å². The Morgan fingerprint density at radius 3 is 2.72 bits per heavy atom. The zero-order chi connectivity index (χ0) is 17.6. The highest BCUT2D eigenvalue weighted by Gasteiger charge is 2.26. The third-order valence-corrected chi connectivity index (χ3v) is 6.50. The number of H-pyrrole nitrogens is 1. The minimum absolute atomic E-state index is 0.0182. The van der Waals surface area contributed by atoms with Crippen LogP contribution in [0.15, 0.2) is 4.79 Å². The molecule has 0 radical (unpaired) electrons. The molecular formula is C17H23N5OS2. The fourth-order valence-electron chi connectivity index (χ4n) is 3.19. The molecule has 0 amide bonds. The molecule has 4 rings (SSSR count). The van der Waals surface area contributed by atoms with Gasteiger partial charge in [-0.2, -0.15) is 0 Å². The Morgan fingerprint density at radius 2 is 2.04 bits per heavy atom. The number of aryl methyl sites for hydroxylation is 2. The van der Waals surface area contributed by atoms with Crippen LogP contribution in [0.25, 0.3) is 10.2 Å². The monoisotopic (exact) mass is 377 g/mol. The number of thiophene rings is 1. The number of nitrogens with zero attached hydrogens (tertiary/aromatic N) is 3. The summed E-state index contributed by atoms with van der Waals surface area (Å²) in [5.41, 5.74) is 1.03. The van der Waals surface area contributed by atoms with Gasteiger partial charge in [0, 0.05) is 37.1 Å². The summed E-state index contributed by atoms with van der Waals surface area (Å²) in [6, 6.07) is 0.601. The molecule has 8 heteroatoms. The van der Waals surface area contributed by atoms with Gasteiger partial charge in [-0.1, -0.05) is 0 Å². The zero-order valence-corrected chi connectivity index (χ0v) is 16.2. The molecule has 0 aromatic carbocycles. The van der Waals surface area contributed by atoms with Crippen molar-refractivity contribution in [3.63, 3.8) is 0 Å². The van der Waals surface area contributed by atoms with E-state index >= 15 is 0 Å². The quantitative estimate of drug-likeness (QED) is 0.795. The first-order valence-corrected chi connectivity index (χ1v) is 10.0. The molecule has 2 aliphatic rings. The van der Waals surface area contributed by atoms with Crippen molar-refractivity contribution < 1.29 is 0 Å². The van der Waals surface area contributed by atoms with Crippen molar-refractivity contribution in [2.24, 2.45) is 0 Å². The van der Waals surface area contributed by atoms with E-state index in [0.717, 1.165) is 57.8 Å². The maximum absolute atomic E-state index is 12.4. The predicted octanol–water partition coefficient (Wildman–Crippen LogP) is 1.76. The summed E-state index contributed by atoms with van der Waals surface area (Å²) in [5, 5.41) is 5.04. The second-order valence-electron chi connectivity index (χ2n) is 6.96. The molecule has 2 aromatic heterocycles. The van der Waals surface area contributed by atoms with Gasteiger partial charge in [0.1, 0.15) is 10.7 Å². The third kappa shape index (κ3) is 3.56. The molecule has 25 heavy (non-hydrogen) atoms. The van der Waals surface area contributed by atoms with E-state index in [4.69, 9.17) is 12.2 Å². The van der Waals surface area contributed by atoms with Crippen LogP contribution in [0.3, 0.4) is 0 Å². The lowest BCUT2D eigenvalue weighted by Crippen LogP contribution is -2.51. The van der Waals surface area contributed by atoms with Crippen LogP contribution in [-0.2, 0) is 6.54 Å². The molecule has 6 nitrogen and oxygen atoms in total. The van der Waals surface area contributed by atoms with Gasteiger partial charge in [0.15, 0.2) is 5.11 Å². The minimum Gasteiger partial charge on any atom is -0.360 e. The molecule has 2 N–H and O–H groups in total. The summed E-state index contributed by atoms with van der Waals surface area (Å²) in [7, 11) is 0. The average molecular weight is 378 g/mol. The van der Waals surface area contributed by atoms with Crippen molar-refractivity contribution in [2.75, 3.05) is 26.2 Å². The van der Waals surface area contributed by atoms with Crippen LogP contribution in [0.1, 0.15) is 29.1 Å². The summed E-state index contributed by atoms with van der Waals surface area (Å²) < 4.78 is 0. The second kappa shape index (κ2) is 6.66. The van der Waals surface area contributed by atoms with Crippen LogP contribution in [0.4, 0.5) is 0 Å². The Morgan fingerprint density at radius 1 is 1.32 bits per heavy atom. The lowest BCUT2D eigenvalue weighted by Gasteiger charge is -2.36. The van der Waals surface area contributed by atoms with Crippen molar-refractivity contribution in [1.29, 1.82) is 0 Å². The number of aromatic amines is 1. The molecule has 0 spiro atoms. The Bertz CT molecular complexity index is 862. The summed E-state index contributed by atoms with van der Waals surface area (Å²) in [6.07, 6.45) is 2.48. The molecule has 0 atom stereocenters. The highest BCUT2D eigenvalue weighted by atomic mass is 32.1. The molecule has 0 unspecified atom stereocenters. The van der Waals surface area contributed by atoms with Gasteiger partial charge in [0.05, 0.1) is 11.9 Å². The number of hydrogen-bond acceptors (Lipinski definition) is 5. The van der Waals surface area contributed by atoms with Crippen molar-refractivity contribution in [2.45, 2.75) is 39.3 Å². The number of hydrogen-bond donors (Lipinski definition) is 2. The predicted molar refractivity (Wildman–Crippen MR) is 105 cm³/mol. The Labute approximate surface area is 156 Å². The molecule has 1 saturated carbocycles. The van der Waals surface area contributed by atoms with Crippen molar-refractivity contribution in [3.8, 4) is 0 Å². The van der Waals surface area contributed by atoms with Gasteiger partial charge in [-0.15, -0.1) is 11.3 Å². The van der Waals surface area contributed by atoms with E-state index in [1.54, 1.807) is 11.3 Å². The summed E-state index contributed by atoms with van der Waals surface area (Å²) in [6.45, 7) is 8.40. The molecular weight excluding hydrogens is 354 g/mol. The SMILES string of the molecule is Cc1sc2nc(CN3CCN(C(=S)NC4CC4)CC3)[nH]c(=O)c2c1C. The number of rotatable bonds is 3. The van der Waals surface area contributed by atoms with E-state index < -0.39 is 0 Å². The van der Waals surface area contributed by atoms with E-state index in [1.165, 1.54) is 12.8 Å². The lowest BCUT2D eigenvalue weighted by atomic mass is 10.2. The van der Waals surface area contributed by atoms with Gasteiger partial charge in [-0.25, -0.2) is 4.98 Å². The summed E-state index contributed by atoms with van der Waals surface area (Å²) in [5.74, 6) is 0.755. The zero-order valence-electron chi connectivity index (χ0n) is 14.6. The molecule has 134 valence electrons. The van der Waals surface area contributed by atoms with Crippen LogP contribution in [0, 0.1) is 13.8 Å². The van der Waals surface area contributed by atoms with E-state index in [1.807, 2.05) is 13.8 Å². The number of nitrogens with one attached hydrogen (secondary N) is 2. The largest absolute Gasteiger partial charge is 0.360 e. The Balaban J connectivity index is 1.40. The van der Waals surface area contributed by atoms with Gasteiger partial charge in [-0.3, -0.25) is 9.69 Å². The van der Waals surface area contributed by atoms with Crippen LogP contribution in [0.2, 0.25) is 0 Å². The van der Waals surface area contributed by atoms with E-state index in [0.29, 0.717) is 12.6 Å². The fourth-order valence-corrected chi connectivity index (χ4v) is 4.59. The highest BCUT2D eigenvalue weighted by molar-refractivity contribution is 7.80. The average Bonchev–Trinajstić information content (AvgIpc) is 3.33. The van der Waals surface area contributed by atoms with Crippen LogP contribution < -0.4 is 10.9 Å². The van der Waals surface area contributed by atoms with Crippen molar-refractivity contribution in [1.82, 2.24) is 25.1 Å². The standard InChI is InChI=1S/C17H23N5OS2/c1-10-11(2)25-16-14(10)15(23)19-13(20-16)9-21-5-7-22(8-6-21)17(24)18-12-3-4-12/h12H,3-9H2,1-2H3,(H,18,24)(H,19,20,23). The van der Waals surface area contributed by atoms with Gasteiger partial charge in [-0.05, 0) is 44.5 Å². The van der Waals surface area contributed by atoms with Gasteiger partial charge in [0.2, 0.25) is 0 Å². The first kappa shape index (κ1) is 16.9. The first-order chi connectivity index (χ1) is 12.0. The minimum atomic E-state index is -0.0182. The van der Waals surface area contributed by atoms with Gasteiger partial charge in [0.25, 0.3) is 5.56 Å². The Kier molecular flexibility index (Phi) is 4.51. The van der Waals surface area contributed by atoms with E-state index in [2.05, 4.69) is 25.1 Å². The van der Waals surface area contributed by atoms with E-state index in [9.17, 15) is 4.79 Å². The molecule has 3 heterocycles. The lowest BCUT2D eigenvalue weighted by molar-refractivity contribution is 0.171. The third-order valence-electron chi connectivity index (χ3n) is 5.03. The van der Waals surface area contributed by atoms with Crippen LogP contribution in [-0.4, -0.2) is 57.1 Å². The number of aromatic nitrogens is 2. The van der Waals surface area contributed by atoms with Crippen molar-refractivity contribution in [3.05, 3.63) is 26.6 Å². The fraction of sp³-hybridized carbons (Fsp3) is 0.588. The summed E-state index contributed by atoms with van der Waals surface area (Å²) in [4.78, 5) is 26.6. The van der Waals surface area contributed by atoms with Crippen LogP contribution >= 0.6 is 23.6 Å². The smallest absolute Gasteiger partial charge is 0.259 e. The van der Waals surface area contributed by atoms with Crippen LogP contribution in [0.5, 0.6) is 0 Å². The highest BCUT2D eigenvalue weighted by Crippen LogP contribution is 2.25. The second-order valence-corrected chi connectivity index (χ2v) is 8.55. The van der Waals surface area contributed by atoms with Gasteiger partial charge < -0.3 is 15.2 Å². The first-order valence-electron chi connectivity index (χ1n) is 8.78. The molecule has 2 aromatic rings. The topological polar surface area (TPSA) is 64.3 Å². The van der Waals surface area contributed by atoms with Crippen molar-refractivity contribution >= 4 is 38.9 Å². The molecule has 1 saturated heterocycles. The number of thiocarbonyl (C=S) groups is 1. The molecule has 1 aliphatic heterocycles.